The van der Waals surface area contributed by atoms with Crippen LogP contribution in [0.1, 0.15) is 33.1 Å². The van der Waals surface area contributed by atoms with Gasteiger partial charge in [-0.25, -0.2) is 8.42 Å². The molecule has 0 aromatic heterocycles. The normalized spacial score (nSPS) is 11.5. The first kappa shape index (κ1) is 26.4. The Bertz CT molecular complexity index is 756. The summed E-state index contributed by atoms with van der Waals surface area (Å²) in [5.74, 6) is 0.706. The molecule has 3 N–H and O–H groups in total. The molecule has 0 saturated carbocycles. The van der Waals surface area contributed by atoms with Gasteiger partial charge in [-0.2, -0.15) is 0 Å². The molecular formula is C17H30IN5O4S. The van der Waals surface area contributed by atoms with Crippen molar-refractivity contribution in [3.63, 3.8) is 0 Å². The van der Waals surface area contributed by atoms with Crippen LogP contribution in [0.5, 0.6) is 0 Å². The number of hydrogen-bond donors (Lipinski definition) is 3. The Morgan fingerprint density at radius 1 is 1.18 bits per heavy atom. The van der Waals surface area contributed by atoms with Crippen LogP contribution in [0.15, 0.2) is 28.1 Å². The van der Waals surface area contributed by atoms with E-state index in [1.807, 2.05) is 6.92 Å². The van der Waals surface area contributed by atoms with Gasteiger partial charge in [-0.15, -0.1) is 24.0 Å². The fourth-order valence-corrected chi connectivity index (χ4v) is 2.96. The first-order valence-corrected chi connectivity index (χ1v) is 10.9. The van der Waals surface area contributed by atoms with Gasteiger partial charge in [0.1, 0.15) is 5.69 Å². The maximum atomic E-state index is 11.6. The molecule has 11 heteroatoms. The summed E-state index contributed by atoms with van der Waals surface area (Å²) in [5.41, 5.74) is 0.0112. The number of nitro benzene ring substituents is 1. The number of unbranched alkanes of at least 4 members (excludes halogenated alkanes) is 2. The molecule has 0 aliphatic rings. The number of guanidine groups is 1. The maximum Gasteiger partial charge on any atom is 0.293 e. The lowest BCUT2D eigenvalue weighted by molar-refractivity contribution is -0.384. The quantitative estimate of drug-likeness (QED) is 0.101. The molecule has 1 rings (SSSR count). The van der Waals surface area contributed by atoms with Gasteiger partial charge in [0.25, 0.3) is 5.69 Å². The van der Waals surface area contributed by atoms with Crippen LogP contribution in [0.4, 0.5) is 11.4 Å². The molecule has 0 aliphatic carbocycles. The van der Waals surface area contributed by atoms with Gasteiger partial charge >= 0.3 is 0 Å². The number of nitrogens with zero attached hydrogens (tertiary/aromatic N) is 2. The predicted octanol–water partition coefficient (Wildman–Crippen LogP) is 2.77. The monoisotopic (exact) mass is 527 g/mol. The van der Waals surface area contributed by atoms with Crippen molar-refractivity contribution in [2.45, 2.75) is 38.0 Å². The molecule has 0 fully saturated rings. The largest absolute Gasteiger partial charge is 0.378 e. The van der Waals surface area contributed by atoms with Gasteiger partial charge < -0.3 is 16.0 Å². The van der Waals surface area contributed by atoms with E-state index in [9.17, 15) is 18.5 Å². The van der Waals surface area contributed by atoms with Crippen LogP contribution in [-0.2, 0) is 9.84 Å². The van der Waals surface area contributed by atoms with Crippen molar-refractivity contribution in [2.75, 3.05) is 37.8 Å². The molecule has 0 bridgehead atoms. The highest BCUT2D eigenvalue weighted by atomic mass is 127. The number of rotatable bonds is 11. The van der Waals surface area contributed by atoms with Crippen molar-refractivity contribution in [3.8, 4) is 0 Å². The minimum Gasteiger partial charge on any atom is -0.378 e. The van der Waals surface area contributed by atoms with Gasteiger partial charge in [0.05, 0.1) is 9.82 Å². The van der Waals surface area contributed by atoms with Gasteiger partial charge in [0, 0.05) is 38.5 Å². The Morgan fingerprint density at radius 2 is 1.89 bits per heavy atom. The second-order valence-corrected chi connectivity index (χ2v) is 8.05. The molecule has 0 saturated heterocycles. The van der Waals surface area contributed by atoms with Gasteiger partial charge in [0.15, 0.2) is 15.8 Å². The van der Waals surface area contributed by atoms with Gasteiger partial charge in [0.2, 0.25) is 0 Å². The van der Waals surface area contributed by atoms with E-state index in [-0.39, 0.29) is 40.2 Å². The average molecular weight is 527 g/mol. The Hall–Kier alpha value is -1.63. The fraction of sp³-hybridized carbons (Fsp3) is 0.588. The predicted molar refractivity (Wildman–Crippen MR) is 124 cm³/mol. The molecule has 28 heavy (non-hydrogen) atoms. The van der Waals surface area contributed by atoms with Crippen molar-refractivity contribution in [1.29, 1.82) is 0 Å². The smallest absolute Gasteiger partial charge is 0.293 e. The van der Waals surface area contributed by atoms with Crippen LogP contribution in [0, 0.1) is 10.1 Å². The number of sulfone groups is 1. The fourth-order valence-electron chi connectivity index (χ4n) is 2.32. The number of nitro groups is 1. The summed E-state index contributed by atoms with van der Waals surface area (Å²) in [4.78, 5) is 15.0. The first-order valence-electron chi connectivity index (χ1n) is 9.04. The summed E-state index contributed by atoms with van der Waals surface area (Å²) in [5, 5.41) is 20.5. The van der Waals surface area contributed by atoms with Crippen LogP contribution in [-0.4, -0.2) is 51.7 Å². The zero-order valence-corrected chi connectivity index (χ0v) is 19.7. The summed E-state index contributed by atoms with van der Waals surface area (Å²) < 4.78 is 23.1. The minimum absolute atomic E-state index is 0. The first-order chi connectivity index (χ1) is 12.8. The van der Waals surface area contributed by atoms with Crippen LogP contribution >= 0.6 is 24.0 Å². The molecule has 160 valence electrons. The summed E-state index contributed by atoms with van der Waals surface area (Å²) >= 11 is 0. The lowest BCUT2D eigenvalue weighted by Gasteiger charge is -2.12. The van der Waals surface area contributed by atoms with E-state index in [0.29, 0.717) is 19.0 Å². The third kappa shape index (κ3) is 9.53. The average Bonchev–Trinajstić information content (AvgIpc) is 2.61. The zero-order chi connectivity index (χ0) is 20.3. The van der Waals surface area contributed by atoms with Crippen LogP contribution in [0.2, 0.25) is 0 Å². The van der Waals surface area contributed by atoms with Crippen molar-refractivity contribution >= 4 is 51.1 Å². The standard InChI is InChI=1S/C17H29N5O4S.HI/c1-4-6-7-10-20-17(18-5-2)21-12-11-19-15-9-8-14(27(3,25)26)13-16(15)22(23)24;/h8-9,13,19H,4-7,10-12H2,1-3H3,(H2,18,20,21);1H. The Morgan fingerprint density at radius 3 is 2.46 bits per heavy atom. The van der Waals surface area contributed by atoms with E-state index in [1.54, 1.807) is 0 Å². The molecule has 0 unspecified atom stereocenters. The van der Waals surface area contributed by atoms with E-state index < -0.39 is 14.8 Å². The Kier molecular flexibility index (Phi) is 12.7. The van der Waals surface area contributed by atoms with Gasteiger partial charge in [-0.3, -0.25) is 15.1 Å². The summed E-state index contributed by atoms with van der Waals surface area (Å²) in [6, 6.07) is 3.85. The molecule has 0 radical (unpaired) electrons. The van der Waals surface area contributed by atoms with Crippen LogP contribution in [0.25, 0.3) is 0 Å². The van der Waals surface area contributed by atoms with E-state index in [2.05, 4.69) is 27.9 Å². The summed E-state index contributed by atoms with van der Waals surface area (Å²) in [7, 11) is -3.50. The highest BCUT2D eigenvalue weighted by Crippen LogP contribution is 2.27. The molecule has 1 aromatic rings. The second kappa shape index (κ2) is 13.5. The molecule has 0 heterocycles. The highest BCUT2D eigenvalue weighted by molar-refractivity contribution is 14.0. The number of halogens is 1. The van der Waals surface area contributed by atoms with E-state index in [4.69, 9.17) is 0 Å². The Balaban J connectivity index is 0.00000729. The van der Waals surface area contributed by atoms with Gasteiger partial charge in [-0.05, 0) is 25.5 Å². The third-order valence-electron chi connectivity index (χ3n) is 3.70. The lowest BCUT2D eigenvalue weighted by Crippen LogP contribution is -2.39. The Labute approximate surface area is 183 Å². The topological polar surface area (TPSA) is 126 Å². The zero-order valence-electron chi connectivity index (χ0n) is 16.5. The van der Waals surface area contributed by atoms with Gasteiger partial charge in [-0.1, -0.05) is 19.8 Å². The number of aliphatic imine (C=N–C) groups is 1. The molecule has 0 amide bonds. The summed E-state index contributed by atoms with van der Waals surface area (Å²) in [6.45, 7) is 6.53. The van der Waals surface area contributed by atoms with Crippen LogP contribution in [0.3, 0.4) is 0 Å². The number of benzene rings is 1. The lowest BCUT2D eigenvalue weighted by atomic mass is 10.2. The third-order valence-corrected chi connectivity index (χ3v) is 4.81. The van der Waals surface area contributed by atoms with Crippen molar-refractivity contribution < 1.29 is 13.3 Å². The van der Waals surface area contributed by atoms with E-state index in [0.717, 1.165) is 44.7 Å². The molecule has 0 aliphatic heterocycles. The van der Waals surface area contributed by atoms with Crippen molar-refractivity contribution in [2.24, 2.45) is 4.99 Å². The highest BCUT2D eigenvalue weighted by Gasteiger charge is 2.18. The molecular weight excluding hydrogens is 497 g/mol. The number of hydrogen-bond acceptors (Lipinski definition) is 6. The van der Waals surface area contributed by atoms with Crippen molar-refractivity contribution in [3.05, 3.63) is 28.3 Å². The van der Waals surface area contributed by atoms with Crippen LogP contribution < -0.4 is 16.0 Å². The van der Waals surface area contributed by atoms with Crippen molar-refractivity contribution in [1.82, 2.24) is 10.6 Å². The number of nitrogens with one attached hydrogen (secondary N) is 3. The maximum absolute atomic E-state index is 11.6. The van der Waals surface area contributed by atoms with E-state index >= 15 is 0 Å². The molecule has 0 atom stereocenters. The number of anilines is 1. The molecule has 0 spiro atoms. The minimum atomic E-state index is -3.50. The second-order valence-electron chi connectivity index (χ2n) is 6.03. The molecule has 9 nitrogen and oxygen atoms in total. The molecule has 1 aromatic carbocycles. The van der Waals surface area contributed by atoms with E-state index in [1.165, 1.54) is 12.1 Å². The SMILES string of the molecule is CCCCCN=C(NCC)NCCNc1ccc(S(C)(=O)=O)cc1[N+](=O)[O-].I. The summed E-state index contributed by atoms with van der Waals surface area (Å²) in [6.07, 6.45) is 4.33.